The van der Waals surface area contributed by atoms with Gasteiger partial charge in [-0.15, -0.1) is 11.3 Å². The summed E-state index contributed by atoms with van der Waals surface area (Å²) < 4.78 is 15.2. The summed E-state index contributed by atoms with van der Waals surface area (Å²) in [4.78, 5) is 0. The standard InChI is InChI=1S/C15H16ClFINS/c1-2-6-19-14(10-7-15(18)20-9-10)8-11-12(16)4-3-5-13(11)17/h3-5,7,9,14,19H,2,6,8H2,1H3. The van der Waals surface area contributed by atoms with E-state index in [1.165, 1.54) is 14.5 Å². The molecule has 1 unspecified atom stereocenters. The molecule has 0 fully saturated rings. The SMILES string of the molecule is CCCNC(Cc1c(F)cccc1Cl)c1csc(I)c1. The molecule has 2 aromatic rings. The average molecular weight is 424 g/mol. The molecule has 1 aromatic heterocycles. The largest absolute Gasteiger partial charge is 0.310 e. The first-order valence-corrected chi connectivity index (χ1v) is 8.85. The Morgan fingerprint density at radius 2 is 2.25 bits per heavy atom. The van der Waals surface area contributed by atoms with E-state index in [4.69, 9.17) is 11.6 Å². The van der Waals surface area contributed by atoms with E-state index >= 15 is 0 Å². The van der Waals surface area contributed by atoms with E-state index in [9.17, 15) is 4.39 Å². The second-order valence-corrected chi connectivity index (χ2v) is 7.81. The van der Waals surface area contributed by atoms with Crippen LogP contribution in [0.4, 0.5) is 4.39 Å². The van der Waals surface area contributed by atoms with Crippen LogP contribution in [-0.2, 0) is 6.42 Å². The van der Waals surface area contributed by atoms with Crippen molar-refractivity contribution in [3.63, 3.8) is 0 Å². The highest BCUT2D eigenvalue weighted by Gasteiger charge is 2.17. The number of hydrogen-bond donors (Lipinski definition) is 1. The first kappa shape index (κ1) is 16.2. The van der Waals surface area contributed by atoms with Crippen LogP contribution < -0.4 is 5.32 Å². The number of hydrogen-bond acceptors (Lipinski definition) is 2. The van der Waals surface area contributed by atoms with Gasteiger partial charge in [0.05, 0.1) is 2.88 Å². The van der Waals surface area contributed by atoms with Gasteiger partial charge in [0.2, 0.25) is 0 Å². The van der Waals surface area contributed by atoms with Crippen molar-refractivity contribution in [3.8, 4) is 0 Å². The fraction of sp³-hybridized carbons (Fsp3) is 0.333. The smallest absolute Gasteiger partial charge is 0.127 e. The lowest BCUT2D eigenvalue weighted by molar-refractivity contribution is 0.514. The zero-order chi connectivity index (χ0) is 14.5. The van der Waals surface area contributed by atoms with Gasteiger partial charge in [0, 0.05) is 16.6 Å². The lowest BCUT2D eigenvalue weighted by Gasteiger charge is -2.18. The summed E-state index contributed by atoms with van der Waals surface area (Å²) in [6.07, 6.45) is 1.61. The minimum absolute atomic E-state index is 0.101. The number of benzene rings is 1. The quantitative estimate of drug-likeness (QED) is 0.611. The van der Waals surface area contributed by atoms with Crippen molar-refractivity contribution in [2.24, 2.45) is 0 Å². The molecule has 1 N–H and O–H groups in total. The molecule has 0 aliphatic heterocycles. The Morgan fingerprint density at radius 1 is 1.45 bits per heavy atom. The molecule has 5 heteroatoms. The van der Waals surface area contributed by atoms with Gasteiger partial charge in [-0.1, -0.05) is 24.6 Å². The maximum Gasteiger partial charge on any atom is 0.127 e. The number of nitrogens with one attached hydrogen (secondary N) is 1. The van der Waals surface area contributed by atoms with Gasteiger partial charge in [-0.2, -0.15) is 0 Å². The Labute approximate surface area is 141 Å². The predicted octanol–water partition coefficient (Wildman–Crippen LogP) is 5.43. The zero-order valence-corrected chi connectivity index (χ0v) is 14.9. The Balaban J connectivity index is 2.23. The summed E-state index contributed by atoms with van der Waals surface area (Å²) in [5.41, 5.74) is 1.79. The van der Waals surface area contributed by atoms with Gasteiger partial charge in [0.25, 0.3) is 0 Å². The second kappa shape index (κ2) is 7.73. The Hall–Kier alpha value is -0.170. The molecule has 0 saturated heterocycles. The highest BCUT2D eigenvalue weighted by atomic mass is 127. The normalized spacial score (nSPS) is 12.6. The maximum atomic E-state index is 13.9. The summed E-state index contributed by atoms with van der Waals surface area (Å²) in [5, 5.41) is 6.11. The third-order valence-electron chi connectivity index (χ3n) is 3.10. The van der Waals surface area contributed by atoms with Crippen molar-refractivity contribution in [2.75, 3.05) is 6.54 Å². The molecule has 1 heterocycles. The Kier molecular flexibility index (Phi) is 6.26. The highest BCUT2D eigenvalue weighted by molar-refractivity contribution is 14.1. The fourth-order valence-electron chi connectivity index (χ4n) is 2.06. The minimum atomic E-state index is -0.231. The molecule has 0 bridgehead atoms. The molecule has 0 radical (unpaired) electrons. The lowest BCUT2D eigenvalue weighted by atomic mass is 10.0. The van der Waals surface area contributed by atoms with Crippen LogP contribution in [0.25, 0.3) is 0 Å². The Morgan fingerprint density at radius 3 is 2.85 bits per heavy atom. The molecule has 108 valence electrons. The monoisotopic (exact) mass is 423 g/mol. The van der Waals surface area contributed by atoms with Crippen LogP contribution in [0.1, 0.15) is 30.5 Å². The molecule has 0 aliphatic rings. The van der Waals surface area contributed by atoms with Crippen molar-refractivity contribution in [2.45, 2.75) is 25.8 Å². The molecule has 1 nitrogen and oxygen atoms in total. The third kappa shape index (κ3) is 4.16. The summed E-state index contributed by atoms with van der Waals surface area (Å²) >= 11 is 10.1. The predicted molar refractivity (Wildman–Crippen MR) is 93.2 cm³/mol. The second-order valence-electron chi connectivity index (χ2n) is 4.60. The van der Waals surface area contributed by atoms with Crippen LogP contribution in [-0.4, -0.2) is 6.54 Å². The molecule has 0 spiro atoms. The summed E-state index contributed by atoms with van der Waals surface area (Å²) in [7, 11) is 0. The van der Waals surface area contributed by atoms with Crippen molar-refractivity contribution < 1.29 is 4.39 Å². The molecule has 2 rings (SSSR count). The molecule has 0 aliphatic carbocycles. The van der Waals surface area contributed by atoms with Gasteiger partial charge in [-0.25, -0.2) is 4.39 Å². The topological polar surface area (TPSA) is 12.0 Å². The number of rotatable bonds is 6. The van der Waals surface area contributed by atoms with E-state index in [0.29, 0.717) is 17.0 Å². The summed E-state index contributed by atoms with van der Waals surface area (Å²) in [6.45, 7) is 3.03. The molecule has 1 aromatic carbocycles. The van der Waals surface area contributed by atoms with E-state index in [-0.39, 0.29) is 11.9 Å². The van der Waals surface area contributed by atoms with Crippen LogP contribution in [0, 0.1) is 8.70 Å². The van der Waals surface area contributed by atoms with Crippen molar-refractivity contribution in [1.29, 1.82) is 0 Å². The lowest BCUT2D eigenvalue weighted by Crippen LogP contribution is -2.24. The van der Waals surface area contributed by atoms with E-state index in [2.05, 4.69) is 46.3 Å². The number of halogens is 3. The number of thiophene rings is 1. The molecule has 0 amide bonds. The third-order valence-corrected chi connectivity index (χ3v) is 5.26. The van der Waals surface area contributed by atoms with Gasteiger partial charge in [-0.3, -0.25) is 0 Å². The van der Waals surface area contributed by atoms with Gasteiger partial charge in [0.1, 0.15) is 5.82 Å². The van der Waals surface area contributed by atoms with E-state index < -0.39 is 0 Å². The maximum absolute atomic E-state index is 13.9. The van der Waals surface area contributed by atoms with Crippen LogP contribution >= 0.6 is 45.5 Å². The molecule has 0 saturated carbocycles. The fourth-order valence-corrected chi connectivity index (χ4v) is 3.73. The summed E-state index contributed by atoms with van der Waals surface area (Å²) in [6, 6.07) is 7.10. The van der Waals surface area contributed by atoms with E-state index in [1.54, 1.807) is 23.5 Å². The van der Waals surface area contributed by atoms with Crippen molar-refractivity contribution in [3.05, 3.63) is 54.5 Å². The molecule has 20 heavy (non-hydrogen) atoms. The molecular formula is C15H16ClFINS. The van der Waals surface area contributed by atoms with E-state index in [0.717, 1.165) is 13.0 Å². The van der Waals surface area contributed by atoms with E-state index in [1.807, 2.05) is 0 Å². The molecule has 1 atom stereocenters. The zero-order valence-electron chi connectivity index (χ0n) is 11.1. The van der Waals surface area contributed by atoms with Crippen LogP contribution in [0.3, 0.4) is 0 Å². The minimum Gasteiger partial charge on any atom is -0.310 e. The van der Waals surface area contributed by atoms with Crippen molar-refractivity contribution >= 4 is 45.5 Å². The van der Waals surface area contributed by atoms with Crippen LogP contribution in [0.5, 0.6) is 0 Å². The molecular weight excluding hydrogens is 408 g/mol. The first-order chi connectivity index (χ1) is 9.61. The average Bonchev–Trinajstić information content (AvgIpc) is 2.84. The summed E-state index contributed by atoms with van der Waals surface area (Å²) in [5.74, 6) is -0.231. The first-order valence-electron chi connectivity index (χ1n) is 6.52. The van der Waals surface area contributed by atoms with Crippen LogP contribution in [0.2, 0.25) is 5.02 Å². The van der Waals surface area contributed by atoms with Gasteiger partial charge in [-0.05, 0) is 71.1 Å². The van der Waals surface area contributed by atoms with Crippen molar-refractivity contribution in [1.82, 2.24) is 5.32 Å². The van der Waals surface area contributed by atoms with Crippen LogP contribution in [0.15, 0.2) is 29.6 Å². The van der Waals surface area contributed by atoms with Gasteiger partial charge < -0.3 is 5.32 Å². The van der Waals surface area contributed by atoms with Gasteiger partial charge >= 0.3 is 0 Å². The Bertz CT molecular complexity index is 553. The van der Waals surface area contributed by atoms with Gasteiger partial charge in [0.15, 0.2) is 0 Å². The highest BCUT2D eigenvalue weighted by Crippen LogP contribution is 2.28.